The van der Waals surface area contributed by atoms with Crippen molar-refractivity contribution in [1.82, 2.24) is 20.3 Å². The fourth-order valence-corrected chi connectivity index (χ4v) is 2.22. The quantitative estimate of drug-likeness (QED) is 0.846. The van der Waals surface area contributed by atoms with Crippen molar-refractivity contribution in [3.8, 4) is 0 Å². The smallest absolute Gasteiger partial charge is 0.231 e. The number of amides is 1. The van der Waals surface area contributed by atoms with Gasteiger partial charge in [0.25, 0.3) is 0 Å². The Morgan fingerprint density at radius 2 is 2.26 bits per heavy atom. The number of halogens is 1. The van der Waals surface area contributed by atoms with Crippen LogP contribution in [-0.4, -0.2) is 46.5 Å². The molecular weight excluding hydrogens is 268 g/mol. The predicted molar refractivity (Wildman–Crippen MR) is 73.4 cm³/mol. The van der Waals surface area contributed by atoms with E-state index in [0.29, 0.717) is 25.0 Å². The fraction of sp³-hybridized carbons (Fsp3) is 0.636. The molecule has 0 saturated carbocycles. The summed E-state index contributed by atoms with van der Waals surface area (Å²) in [5.74, 6) is 0.998. The Morgan fingerprint density at radius 3 is 2.95 bits per heavy atom. The molecule has 0 radical (unpaired) electrons. The Bertz CT molecular complexity index is 468. The van der Waals surface area contributed by atoms with Crippen molar-refractivity contribution < 1.29 is 4.79 Å². The Morgan fingerprint density at radius 1 is 1.47 bits per heavy atom. The van der Waals surface area contributed by atoms with Crippen molar-refractivity contribution in [2.45, 2.75) is 26.3 Å². The van der Waals surface area contributed by atoms with E-state index in [9.17, 15) is 4.79 Å². The van der Waals surface area contributed by atoms with E-state index in [0.717, 1.165) is 13.0 Å². The minimum Gasteiger partial charge on any atom is -0.354 e. The van der Waals surface area contributed by atoms with E-state index in [2.05, 4.69) is 25.6 Å². The summed E-state index contributed by atoms with van der Waals surface area (Å²) in [6.07, 6.45) is 0.874. The van der Waals surface area contributed by atoms with E-state index >= 15 is 0 Å². The third kappa shape index (κ3) is 3.66. The standard InChI is InChI=1S/C11H17ClN6O/c1-3-13-10-15-9(12)16-11(17-10)18-5-4-8(6-18)14-7(2)19/h8H,3-6H2,1-2H3,(H,14,19)(H,13,15,16,17). The number of hydrogen-bond acceptors (Lipinski definition) is 6. The summed E-state index contributed by atoms with van der Waals surface area (Å²) in [6.45, 7) is 5.67. The first-order chi connectivity index (χ1) is 9.08. The third-order valence-electron chi connectivity index (χ3n) is 2.81. The first-order valence-corrected chi connectivity index (χ1v) is 6.63. The van der Waals surface area contributed by atoms with Gasteiger partial charge in [-0.3, -0.25) is 4.79 Å². The van der Waals surface area contributed by atoms with E-state index < -0.39 is 0 Å². The number of nitrogens with one attached hydrogen (secondary N) is 2. The monoisotopic (exact) mass is 284 g/mol. The van der Waals surface area contributed by atoms with Gasteiger partial charge in [0.15, 0.2) is 0 Å². The summed E-state index contributed by atoms with van der Waals surface area (Å²) in [5, 5.41) is 6.08. The van der Waals surface area contributed by atoms with Crippen LogP contribution in [0.3, 0.4) is 0 Å². The number of rotatable bonds is 4. The summed E-state index contributed by atoms with van der Waals surface area (Å²) in [7, 11) is 0. The van der Waals surface area contributed by atoms with Crippen molar-refractivity contribution in [3.63, 3.8) is 0 Å². The topological polar surface area (TPSA) is 83.0 Å². The van der Waals surface area contributed by atoms with Crippen LogP contribution < -0.4 is 15.5 Å². The van der Waals surface area contributed by atoms with Gasteiger partial charge in [0.1, 0.15) is 0 Å². The van der Waals surface area contributed by atoms with E-state index in [-0.39, 0.29) is 17.2 Å². The molecule has 1 unspecified atom stereocenters. The van der Waals surface area contributed by atoms with E-state index in [1.165, 1.54) is 6.92 Å². The molecule has 2 rings (SSSR count). The number of carbonyl (C=O) groups is 1. The summed E-state index contributed by atoms with van der Waals surface area (Å²) >= 11 is 5.89. The van der Waals surface area contributed by atoms with Crippen LogP contribution >= 0.6 is 11.6 Å². The fourth-order valence-electron chi connectivity index (χ4n) is 2.07. The lowest BCUT2D eigenvalue weighted by molar-refractivity contribution is -0.119. The zero-order valence-corrected chi connectivity index (χ0v) is 11.7. The molecule has 0 bridgehead atoms. The molecule has 2 heterocycles. The van der Waals surface area contributed by atoms with E-state index in [4.69, 9.17) is 11.6 Å². The molecule has 8 heteroatoms. The molecule has 1 amide bonds. The minimum absolute atomic E-state index is 0.0196. The van der Waals surface area contributed by atoms with Gasteiger partial charge in [-0.1, -0.05) is 0 Å². The lowest BCUT2D eigenvalue weighted by Crippen LogP contribution is -2.36. The van der Waals surface area contributed by atoms with Crippen LogP contribution in [0.4, 0.5) is 11.9 Å². The van der Waals surface area contributed by atoms with Crippen molar-refractivity contribution in [2.24, 2.45) is 0 Å². The number of nitrogens with zero attached hydrogens (tertiary/aromatic N) is 4. The molecule has 1 aliphatic heterocycles. The van der Waals surface area contributed by atoms with Crippen molar-refractivity contribution in [3.05, 3.63) is 5.28 Å². The van der Waals surface area contributed by atoms with Crippen LogP contribution in [0.25, 0.3) is 0 Å². The van der Waals surface area contributed by atoms with Crippen molar-refractivity contribution >= 4 is 29.4 Å². The highest BCUT2D eigenvalue weighted by molar-refractivity contribution is 6.28. The first-order valence-electron chi connectivity index (χ1n) is 6.26. The van der Waals surface area contributed by atoms with Crippen molar-refractivity contribution in [2.75, 3.05) is 29.9 Å². The maximum absolute atomic E-state index is 11.0. The van der Waals surface area contributed by atoms with Crippen LogP contribution in [0.1, 0.15) is 20.3 Å². The number of anilines is 2. The summed E-state index contributed by atoms with van der Waals surface area (Å²) in [4.78, 5) is 25.5. The van der Waals surface area contributed by atoms with Gasteiger partial charge in [0.05, 0.1) is 0 Å². The Balaban J connectivity index is 2.08. The minimum atomic E-state index is -0.0196. The Kier molecular flexibility index (Phi) is 4.36. The van der Waals surface area contributed by atoms with Gasteiger partial charge >= 0.3 is 0 Å². The normalized spacial score (nSPS) is 18.5. The summed E-state index contributed by atoms with van der Waals surface area (Å²) in [5.41, 5.74) is 0. The highest BCUT2D eigenvalue weighted by Gasteiger charge is 2.25. The lowest BCUT2D eigenvalue weighted by Gasteiger charge is -2.17. The van der Waals surface area contributed by atoms with Gasteiger partial charge in [0, 0.05) is 32.6 Å². The van der Waals surface area contributed by atoms with Crippen LogP contribution in [-0.2, 0) is 4.79 Å². The number of aromatic nitrogens is 3. The van der Waals surface area contributed by atoms with Gasteiger partial charge in [-0.2, -0.15) is 15.0 Å². The second-order valence-corrected chi connectivity index (χ2v) is 4.73. The zero-order valence-electron chi connectivity index (χ0n) is 11.0. The zero-order chi connectivity index (χ0) is 13.8. The average Bonchev–Trinajstić information content (AvgIpc) is 2.76. The molecule has 1 aromatic heterocycles. The lowest BCUT2D eigenvalue weighted by atomic mass is 10.3. The van der Waals surface area contributed by atoms with E-state index in [1.807, 2.05) is 11.8 Å². The van der Waals surface area contributed by atoms with Gasteiger partial charge in [-0.15, -0.1) is 0 Å². The Hall–Kier alpha value is -1.63. The molecule has 1 aromatic rings. The molecular formula is C11H17ClN6O. The molecule has 0 spiro atoms. The summed E-state index contributed by atoms with van der Waals surface area (Å²) < 4.78 is 0. The van der Waals surface area contributed by atoms with Crippen LogP contribution in [0.15, 0.2) is 0 Å². The van der Waals surface area contributed by atoms with Crippen LogP contribution in [0.5, 0.6) is 0 Å². The first kappa shape index (κ1) is 13.8. The molecule has 1 aliphatic rings. The second kappa shape index (κ2) is 6.01. The molecule has 1 atom stereocenters. The molecule has 104 valence electrons. The third-order valence-corrected chi connectivity index (χ3v) is 2.98. The predicted octanol–water partition coefficient (Wildman–Crippen LogP) is 0.672. The van der Waals surface area contributed by atoms with Crippen molar-refractivity contribution in [1.29, 1.82) is 0 Å². The molecule has 0 aromatic carbocycles. The van der Waals surface area contributed by atoms with E-state index in [1.54, 1.807) is 0 Å². The molecule has 7 nitrogen and oxygen atoms in total. The van der Waals surface area contributed by atoms with Gasteiger partial charge in [-0.25, -0.2) is 0 Å². The molecule has 1 fully saturated rings. The number of carbonyl (C=O) groups excluding carboxylic acids is 1. The average molecular weight is 285 g/mol. The highest BCUT2D eigenvalue weighted by Crippen LogP contribution is 2.19. The van der Waals surface area contributed by atoms with Gasteiger partial charge in [-0.05, 0) is 24.9 Å². The number of hydrogen-bond donors (Lipinski definition) is 2. The van der Waals surface area contributed by atoms with Crippen LogP contribution in [0.2, 0.25) is 5.28 Å². The SMILES string of the molecule is CCNc1nc(Cl)nc(N2CCC(NC(C)=O)C2)n1. The second-order valence-electron chi connectivity index (χ2n) is 4.39. The molecule has 1 saturated heterocycles. The molecule has 2 N–H and O–H groups in total. The van der Waals surface area contributed by atoms with Gasteiger partial charge in [0.2, 0.25) is 23.1 Å². The maximum atomic E-state index is 11.0. The molecule has 19 heavy (non-hydrogen) atoms. The highest BCUT2D eigenvalue weighted by atomic mass is 35.5. The Labute approximate surface area is 116 Å². The maximum Gasteiger partial charge on any atom is 0.231 e. The molecule has 0 aliphatic carbocycles. The van der Waals surface area contributed by atoms with Gasteiger partial charge < -0.3 is 15.5 Å². The summed E-state index contributed by atoms with van der Waals surface area (Å²) in [6, 6.07) is 0.135. The largest absolute Gasteiger partial charge is 0.354 e. The van der Waals surface area contributed by atoms with Crippen LogP contribution in [0, 0.1) is 0 Å².